The number of hydrogen-bond donors (Lipinski definition) is 1. The van der Waals surface area contributed by atoms with E-state index in [0.29, 0.717) is 28.9 Å². The van der Waals surface area contributed by atoms with Crippen LogP contribution >= 0.6 is 23.1 Å². The lowest BCUT2D eigenvalue weighted by Crippen LogP contribution is -2.29. The molecule has 0 saturated heterocycles. The maximum atomic E-state index is 14.0. The van der Waals surface area contributed by atoms with Crippen LogP contribution in [0.2, 0.25) is 0 Å². The quantitative estimate of drug-likeness (QED) is 0.0945. The minimum atomic E-state index is -0.519. The molecular weight excluding hydrogens is 667 g/mol. The first-order chi connectivity index (χ1) is 23.8. The van der Waals surface area contributed by atoms with Crippen molar-refractivity contribution in [1.82, 2.24) is 25.1 Å². The molecule has 0 radical (unpaired) electrons. The van der Waals surface area contributed by atoms with Gasteiger partial charge in [-0.1, -0.05) is 54.2 Å². The number of amides is 2. The monoisotopic (exact) mass is 697 g/mol. The molecule has 2 aromatic heterocycles. The van der Waals surface area contributed by atoms with E-state index in [4.69, 9.17) is 14.6 Å². The largest absolute Gasteiger partial charge is 0.493 e. The third kappa shape index (κ3) is 6.89. The number of ether oxygens (including phenoxy) is 2. The van der Waals surface area contributed by atoms with Gasteiger partial charge in [0.05, 0.1) is 48.1 Å². The van der Waals surface area contributed by atoms with Gasteiger partial charge in [-0.3, -0.25) is 24.3 Å². The van der Waals surface area contributed by atoms with Crippen molar-refractivity contribution < 1.29 is 24.0 Å². The molecule has 5 aromatic rings. The summed E-state index contributed by atoms with van der Waals surface area (Å²) in [6.07, 6.45) is 0.495. The third-order valence-electron chi connectivity index (χ3n) is 7.96. The molecule has 15 heteroatoms. The zero-order valence-electron chi connectivity index (χ0n) is 26.7. The number of carbonyl (C=O) groups excluding carboxylic acids is 2. The van der Waals surface area contributed by atoms with Crippen molar-refractivity contribution in [2.24, 2.45) is 5.10 Å². The van der Waals surface area contributed by atoms with Crippen LogP contribution in [0.15, 0.2) is 94.5 Å². The summed E-state index contributed by atoms with van der Waals surface area (Å²) in [5.74, 6) is 0.775. The molecule has 0 aliphatic carbocycles. The van der Waals surface area contributed by atoms with Crippen LogP contribution in [-0.2, 0) is 11.3 Å². The number of nitrogens with zero attached hydrogens (tertiary/aromatic N) is 6. The molecule has 3 aromatic carbocycles. The van der Waals surface area contributed by atoms with Gasteiger partial charge in [0.25, 0.3) is 17.5 Å². The fourth-order valence-corrected chi connectivity index (χ4v) is 7.15. The van der Waals surface area contributed by atoms with Gasteiger partial charge in [-0.2, -0.15) is 5.10 Å². The molecule has 3 heterocycles. The Morgan fingerprint density at radius 1 is 1.02 bits per heavy atom. The van der Waals surface area contributed by atoms with E-state index >= 15 is 0 Å². The number of benzene rings is 3. The Balaban J connectivity index is 1.25. The Morgan fingerprint density at radius 3 is 2.53 bits per heavy atom. The summed E-state index contributed by atoms with van der Waals surface area (Å²) < 4.78 is 13.0. The number of thioether (sulfide) groups is 1. The zero-order valence-corrected chi connectivity index (χ0v) is 28.4. The van der Waals surface area contributed by atoms with Crippen LogP contribution in [0.5, 0.6) is 11.5 Å². The number of thiophene rings is 1. The van der Waals surface area contributed by atoms with Crippen LogP contribution in [0.25, 0.3) is 5.69 Å². The number of hydrazone groups is 1. The molecule has 0 unspecified atom stereocenters. The number of aromatic nitrogens is 3. The summed E-state index contributed by atoms with van der Waals surface area (Å²) in [6, 6.07) is 22.8. The van der Waals surface area contributed by atoms with Gasteiger partial charge in [-0.05, 0) is 42.6 Å². The van der Waals surface area contributed by atoms with Gasteiger partial charge in [0.15, 0.2) is 22.5 Å². The number of nitro groups is 1. The highest BCUT2D eigenvalue weighted by Crippen LogP contribution is 2.42. The summed E-state index contributed by atoms with van der Waals surface area (Å²) >= 11 is 2.76. The van der Waals surface area contributed by atoms with E-state index in [1.165, 1.54) is 41.9 Å². The normalized spacial score (nSPS) is 14.0. The van der Waals surface area contributed by atoms with Crippen LogP contribution in [0.1, 0.15) is 44.6 Å². The van der Waals surface area contributed by atoms with Gasteiger partial charge in [-0.25, -0.2) is 5.01 Å². The topological polar surface area (TPSA) is 154 Å². The summed E-state index contributed by atoms with van der Waals surface area (Å²) in [7, 11) is 3.14. The molecule has 0 spiro atoms. The highest BCUT2D eigenvalue weighted by molar-refractivity contribution is 7.99. The number of para-hydroxylation sites is 2. The smallest absolute Gasteiger partial charge is 0.273 e. The number of hydrogen-bond acceptors (Lipinski definition) is 11. The van der Waals surface area contributed by atoms with Crippen LogP contribution < -0.4 is 14.8 Å². The van der Waals surface area contributed by atoms with E-state index < -0.39 is 16.9 Å². The van der Waals surface area contributed by atoms with Crippen molar-refractivity contribution in [2.75, 3.05) is 20.0 Å². The average Bonchev–Trinajstić information content (AvgIpc) is 3.90. The number of nitrogens with one attached hydrogen (secondary N) is 1. The Morgan fingerprint density at radius 2 is 1.82 bits per heavy atom. The van der Waals surface area contributed by atoms with E-state index in [1.54, 1.807) is 30.1 Å². The molecule has 0 fully saturated rings. The third-order valence-corrected chi connectivity index (χ3v) is 9.79. The van der Waals surface area contributed by atoms with E-state index in [-0.39, 0.29) is 35.0 Å². The van der Waals surface area contributed by atoms with Gasteiger partial charge >= 0.3 is 0 Å². The maximum Gasteiger partial charge on any atom is 0.273 e. The SMILES string of the molecule is COc1cccc([C@H]2CC(c3cccs3)=NN2C(=O)CSc2nnc(CNC(=O)c3cccc([N+](=O)[O-])c3C)n2-c2ccccc2)c1OC. The number of rotatable bonds is 12. The second kappa shape index (κ2) is 14.7. The zero-order chi connectivity index (χ0) is 34.5. The van der Waals surface area contributed by atoms with Gasteiger partial charge in [-0.15, -0.1) is 21.5 Å². The van der Waals surface area contributed by atoms with Crippen molar-refractivity contribution in [3.05, 3.63) is 122 Å². The summed E-state index contributed by atoms with van der Waals surface area (Å²) in [5.41, 5.74) is 2.63. The maximum absolute atomic E-state index is 14.0. The Hall–Kier alpha value is -5.54. The molecule has 0 bridgehead atoms. The predicted octanol–water partition coefficient (Wildman–Crippen LogP) is 5.96. The van der Waals surface area contributed by atoms with Crippen molar-refractivity contribution in [3.63, 3.8) is 0 Å². The molecular formula is C34H31N7O6S2. The number of carbonyl (C=O) groups is 2. The van der Waals surface area contributed by atoms with Crippen LogP contribution in [0.3, 0.4) is 0 Å². The van der Waals surface area contributed by atoms with Crippen LogP contribution in [0.4, 0.5) is 5.69 Å². The highest BCUT2D eigenvalue weighted by Gasteiger charge is 2.36. The molecule has 1 N–H and O–H groups in total. The number of nitro benzene ring substituents is 1. The van der Waals surface area contributed by atoms with Crippen molar-refractivity contribution in [3.8, 4) is 17.2 Å². The fraction of sp³-hybridized carbons (Fsp3) is 0.206. The molecule has 250 valence electrons. The minimum Gasteiger partial charge on any atom is -0.493 e. The molecule has 2 amide bonds. The molecule has 6 rings (SSSR count). The van der Waals surface area contributed by atoms with Gasteiger partial charge in [0, 0.05) is 34.9 Å². The lowest BCUT2D eigenvalue weighted by Gasteiger charge is -2.24. The van der Waals surface area contributed by atoms with E-state index in [0.717, 1.165) is 21.8 Å². The summed E-state index contributed by atoms with van der Waals surface area (Å²) in [6.45, 7) is 1.52. The predicted molar refractivity (Wildman–Crippen MR) is 186 cm³/mol. The Labute approximate surface area is 289 Å². The first kappa shape index (κ1) is 33.4. The number of methoxy groups -OCH3 is 2. The lowest BCUT2D eigenvalue weighted by atomic mass is 9.99. The van der Waals surface area contributed by atoms with E-state index in [9.17, 15) is 19.7 Å². The van der Waals surface area contributed by atoms with Crippen molar-refractivity contribution in [2.45, 2.75) is 31.1 Å². The molecule has 49 heavy (non-hydrogen) atoms. The lowest BCUT2D eigenvalue weighted by molar-refractivity contribution is -0.385. The first-order valence-corrected chi connectivity index (χ1v) is 17.0. The van der Waals surface area contributed by atoms with Crippen LogP contribution in [-0.4, -0.2) is 62.2 Å². The Kier molecular flexibility index (Phi) is 10.0. The van der Waals surface area contributed by atoms with E-state index in [1.807, 2.05) is 66.0 Å². The molecule has 1 aliphatic rings. The molecule has 1 atom stereocenters. The van der Waals surface area contributed by atoms with Gasteiger partial charge in [0.2, 0.25) is 0 Å². The first-order valence-electron chi connectivity index (χ1n) is 15.1. The minimum absolute atomic E-state index is 0.00575. The van der Waals surface area contributed by atoms with Crippen molar-refractivity contribution in [1.29, 1.82) is 0 Å². The molecule has 1 aliphatic heterocycles. The molecule has 0 saturated carbocycles. The Bertz CT molecular complexity index is 2030. The van der Waals surface area contributed by atoms with Gasteiger partial charge < -0.3 is 14.8 Å². The standard InChI is InChI=1S/C34H31N7O6S2/c1-21-23(12-7-14-26(21)41(44)45)33(43)35-19-30-36-37-34(39(30)22-10-5-4-6-11-22)49-20-31(42)40-27(18-25(38-40)29-16-9-17-48-29)24-13-8-15-28(46-2)32(24)47-3/h4-17,27H,18-20H2,1-3H3,(H,35,43)/t27-/m1/s1. The van der Waals surface area contributed by atoms with Crippen LogP contribution in [0, 0.1) is 17.0 Å². The van der Waals surface area contributed by atoms with E-state index in [2.05, 4.69) is 15.5 Å². The highest BCUT2D eigenvalue weighted by atomic mass is 32.2. The average molecular weight is 698 g/mol. The summed E-state index contributed by atoms with van der Waals surface area (Å²) in [4.78, 5) is 38.9. The second-order valence-electron chi connectivity index (χ2n) is 10.8. The van der Waals surface area contributed by atoms with Crippen molar-refractivity contribution >= 4 is 46.3 Å². The molecule has 13 nitrogen and oxygen atoms in total. The van der Waals surface area contributed by atoms with Gasteiger partial charge in [0.1, 0.15) is 0 Å². The second-order valence-corrected chi connectivity index (χ2v) is 12.7. The fourth-order valence-electron chi connectivity index (χ4n) is 5.61. The summed E-state index contributed by atoms with van der Waals surface area (Å²) in [5, 5.41) is 31.6.